The summed E-state index contributed by atoms with van der Waals surface area (Å²) in [4.78, 5) is 4.74. The van der Waals surface area contributed by atoms with Crippen molar-refractivity contribution in [1.29, 1.82) is 0 Å². The summed E-state index contributed by atoms with van der Waals surface area (Å²) in [6.07, 6.45) is 12.1. The number of nitrogens with zero attached hydrogens (tertiary/aromatic N) is 8. The van der Waals surface area contributed by atoms with Crippen molar-refractivity contribution in [3.8, 4) is 17.2 Å². The summed E-state index contributed by atoms with van der Waals surface area (Å²) >= 11 is 12.3. The molecule has 0 aromatic heterocycles. The molecular formula is C48H76N8O9P4S2+2. The van der Waals surface area contributed by atoms with Crippen LogP contribution in [0.15, 0.2) is 88.1 Å². The minimum absolute atomic E-state index is 0.0887. The molecule has 71 heavy (non-hydrogen) atoms. The zero-order chi connectivity index (χ0) is 52.7. The smallest absolute Gasteiger partial charge is 0.358 e. The molecule has 0 fully saturated rings. The fourth-order valence-corrected chi connectivity index (χ4v) is 13.1. The van der Waals surface area contributed by atoms with E-state index >= 15 is 0 Å². The van der Waals surface area contributed by atoms with Gasteiger partial charge in [0.2, 0.25) is 0 Å². The number of hydrogen-bond donors (Lipinski definition) is 0. The second-order valence-corrected chi connectivity index (χ2v) is 28.2. The van der Waals surface area contributed by atoms with E-state index in [2.05, 4.69) is 30.8 Å². The first-order chi connectivity index (χ1) is 33.7. The largest absolute Gasteiger partial charge is 0.481 e. The van der Waals surface area contributed by atoms with Crippen molar-refractivity contribution in [1.82, 2.24) is 14.5 Å². The van der Waals surface area contributed by atoms with Crippen LogP contribution in [0, 0.1) is 0 Å². The second kappa shape index (κ2) is 30.1. The van der Waals surface area contributed by atoms with Crippen molar-refractivity contribution >= 4 is 64.9 Å². The highest BCUT2D eigenvalue weighted by atomic mass is 32.4. The van der Waals surface area contributed by atoms with Crippen LogP contribution < -0.4 is 14.2 Å². The van der Waals surface area contributed by atoms with E-state index in [0.717, 1.165) is 61.6 Å². The molecule has 0 bridgehead atoms. The summed E-state index contributed by atoms with van der Waals surface area (Å²) in [6.45, 7) is 10.0. The van der Waals surface area contributed by atoms with Gasteiger partial charge in [0.25, 0.3) is 10.7 Å². The molecule has 0 saturated carbocycles. The minimum atomic E-state index is -3.45. The van der Waals surface area contributed by atoms with Gasteiger partial charge < -0.3 is 32.3 Å². The third kappa shape index (κ3) is 20.1. The Morgan fingerprint density at radius 1 is 0.634 bits per heavy atom. The number of unbranched alkanes of at least 4 members (excludes halogenated alkanes) is 4. The van der Waals surface area contributed by atoms with Gasteiger partial charge in [-0.2, -0.15) is 0 Å². The summed E-state index contributed by atoms with van der Waals surface area (Å²) in [5.41, 5.74) is 11.0. The van der Waals surface area contributed by atoms with E-state index in [4.69, 9.17) is 66.1 Å². The van der Waals surface area contributed by atoms with E-state index in [0.29, 0.717) is 43.1 Å². The van der Waals surface area contributed by atoms with Crippen LogP contribution in [0.4, 0.5) is 0 Å². The summed E-state index contributed by atoms with van der Waals surface area (Å²) in [5.74, 6) is 1.98. The summed E-state index contributed by atoms with van der Waals surface area (Å²) in [5, 5.41) is 12.1. The number of azide groups is 1. The van der Waals surface area contributed by atoms with Gasteiger partial charge in [-0.1, -0.05) is 58.6 Å². The Hall–Kier alpha value is -3.39. The molecule has 0 amide bonds. The van der Waals surface area contributed by atoms with Gasteiger partial charge >= 0.3 is 28.9 Å². The zero-order valence-corrected chi connectivity index (χ0v) is 48.8. The SMILES string of the molecule is CCCCCCC(C)(N=[N+]=[N-])Oc1ccc(/C=N/N(C)[P+](=S)C(C)(CCCC)Oc2ccc(/C=N/N(C)[P+](=S)C(C)(CC)Oc3ccc(CCN(CP(=O)(OC)OC)CP(=O)(OC)OC)cc3)cc2)cc1. The molecule has 3 aromatic rings. The first kappa shape index (κ1) is 61.9. The predicted molar refractivity (Wildman–Crippen MR) is 297 cm³/mol. The van der Waals surface area contributed by atoms with E-state index in [1.54, 1.807) is 22.1 Å². The van der Waals surface area contributed by atoms with Gasteiger partial charge in [-0.3, -0.25) is 14.0 Å². The molecule has 5 atom stereocenters. The molecule has 0 aliphatic heterocycles. The van der Waals surface area contributed by atoms with Gasteiger partial charge in [-0.25, -0.2) is 0 Å². The zero-order valence-electron chi connectivity index (χ0n) is 43.6. The summed E-state index contributed by atoms with van der Waals surface area (Å²) in [6, 6.07) is 23.0. The van der Waals surface area contributed by atoms with Crippen LogP contribution >= 0.6 is 28.9 Å². The molecule has 3 aromatic carbocycles. The summed E-state index contributed by atoms with van der Waals surface area (Å²) < 4.78 is 69.5. The van der Waals surface area contributed by atoms with E-state index in [9.17, 15) is 14.7 Å². The Balaban J connectivity index is 1.64. The Labute approximate surface area is 435 Å². The number of benzene rings is 3. The highest BCUT2D eigenvalue weighted by molar-refractivity contribution is 8.04. The standard InChI is InChI=1S/C48H76N8O9P4S2/c1-13-16-18-19-33-46(4,52-53-49)63-43-28-22-41(23-29-43)37-51-55(8)67(71)48(6,34-17-14-2)65-45-30-24-42(25-31-45)36-50-54(7)66(70)47(5,15-3)64-44-26-20-40(21-27-44)32-35-56(38-68(57,59-9)60-10)39-69(58,61-11)62-12/h20-31,36-37H,13-19,32-35,38-39H2,1-12H3/q+2/b50-36+,51-37+. The minimum Gasteiger partial charge on any atom is -0.481 e. The van der Waals surface area contributed by atoms with E-state index in [1.165, 1.54) is 28.4 Å². The molecule has 0 heterocycles. The molecule has 0 aliphatic rings. The lowest BCUT2D eigenvalue weighted by molar-refractivity contribution is 0.0834. The highest BCUT2D eigenvalue weighted by Crippen LogP contribution is 2.52. The molecular weight excluding hydrogens is 1020 g/mol. The van der Waals surface area contributed by atoms with Crippen molar-refractivity contribution < 1.29 is 41.4 Å². The molecule has 3 rings (SSSR count). The van der Waals surface area contributed by atoms with E-state index in [-0.39, 0.29) is 12.6 Å². The molecule has 0 radical (unpaired) electrons. The van der Waals surface area contributed by atoms with Crippen LogP contribution in [-0.4, -0.2) is 105 Å². The van der Waals surface area contributed by atoms with Gasteiger partial charge in [-0.15, -0.1) is 19.8 Å². The Bertz CT molecular complexity index is 2310. The average molecular weight is 1100 g/mol. The van der Waals surface area contributed by atoms with Crippen molar-refractivity contribution in [3.63, 3.8) is 0 Å². The van der Waals surface area contributed by atoms with E-state index in [1.807, 2.05) is 112 Å². The van der Waals surface area contributed by atoms with Gasteiger partial charge in [0.1, 0.15) is 29.8 Å². The third-order valence-corrected chi connectivity index (χ3v) is 22.8. The molecule has 0 aliphatic carbocycles. The quantitative estimate of drug-likeness (QED) is 0.0103. The maximum atomic E-state index is 13.0. The van der Waals surface area contributed by atoms with Crippen LogP contribution in [0.5, 0.6) is 17.2 Å². The van der Waals surface area contributed by atoms with Gasteiger partial charge in [0.05, 0.1) is 26.5 Å². The fourth-order valence-electron chi connectivity index (χ4n) is 7.11. The predicted octanol–water partition coefficient (Wildman–Crippen LogP) is 14.2. The topological polar surface area (TPSA) is 182 Å². The van der Waals surface area contributed by atoms with E-state index < -0.39 is 45.3 Å². The molecule has 0 saturated heterocycles. The van der Waals surface area contributed by atoms with Crippen LogP contribution in [0.1, 0.15) is 116 Å². The maximum absolute atomic E-state index is 13.0. The lowest BCUT2D eigenvalue weighted by Crippen LogP contribution is -2.31. The number of hydrogen-bond acceptors (Lipinski definition) is 15. The lowest BCUT2D eigenvalue weighted by atomic mass is 10.1. The molecule has 0 N–H and O–H groups in total. The lowest BCUT2D eigenvalue weighted by Gasteiger charge is -2.28. The number of ether oxygens (including phenoxy) is 3. The normalized spacial score (nSPS) is 15.1. The molecule has 23 heteroatoms. The van der Waals surface area contributed by atoms with Gasteiger partial charge in [-0.05, 0) is 121 Å². The van der Waals surface area contributed by atoms with Crippen LogP contribution in [0.2, 0.25) is 0 Å². The molecule has 17 nitrogen and oxygen atoms in total. The first-order valence-corrected chi connectivity index (χ1v) is 31.8. The van der Waals surface area contributed by atoms with Crippen LogP contribution in [0.3, 0.4) is 0 Å². The maximum Gasteiger partial charge on any atom is 0.358 e. The van der Waals surface area contributed by atoms with Crippen molar-refractivity contribution in [2.24, 2.45) is 15.3 Å². The number of hydrazone groups is 2. The third-order valence-electron chi connectivity index (χ3n) is 11.8. The number of rotatable bonds is 35. The molecule has 392 valence electrons. The van der Waals surface area contributed by atoms with Crippen molar-refractivity contribution in [2.75, 3.05) is 61.7 Å². The fraction of sp³-hybridized carbons (Fsp3) is 0.583. The van der Waals surface area contributed by atoms with Crippen LogP contribution in [-0.2, 0) is 57.3 Å². The van der Waals surface area contributed by atoms with Crippen LogP contribution in [0.25, 0.3) is 10.4 Å². The van der Waals surface area contributed by atoms with Crippen molar-refractivity contribution in [2.45, 2.75) is 122 Å². The average Bonchev–Trinajstić information content (AvgIpc) is 3.37. The summed E-state index contributed by atoms with van der Waals surface area (Å²) in [7, 11) is 2.12. The first-order valence-electron chi connectivity index (χ1n) is 23.8. The highest BCUT2D eigenvalue weighted by Gasteiger charge is 2.47. The monoisotopic (exact) mass is 1100 g/mol. The Morgan fingerprint density at radius 2 is 1.07 bits per heavy atom. The Morgan fingerprint density at radius 3 is 1.51 bits per heavy atom. The van der Waals surface area contributed by atoms with Crippen molar-refractivity contribution in [3.05, 3.63) is 99.9 Å². The van der Waals surface area contributed by atoms with Gasteiger partial charge in [0.15, 0.2) is 29.3 Å². The Kier molecular flexibility index (Phi) is 26.2. The molecule has 5 unspecified atom stereocenters. The molecule has 0 spiro atoms. The van der Waals surface area contributed by atoms with Gasteiger partial charge in [0, 0.05) is 66.6 Å². The second-order valence-electron chi connectivity index (χ2n) is 17.5.